The Labute approximate surface area is 135 Å². The highest BCUT2D eigenvalue weighted by Gasteiger charge is 2.26. The number of H-pyrrole nitrogens is 1. The number of aromatic nitrogens is 2. The van der Waals surface area contributed by atoms with E-state index in [2.05, 4.69) is 15.4 Å². The molecule has 6 nitrogen and oxygen atoms in total. The van der Waals surface area contributed by atoms with E-state index < -0.39 is 0 Å². The maximum Gasteiger partial charge on any atom is 0.282 e. The van der Waals surface area contributed by atoms with Crippen molar-refractivity contribution in [3.05, 3.63) is 69.2 Å². The summed E-state index contributed by atoms with van der Waals surface area (Å²) in [4.78, 5) is 27.7. The summed E-state index contributed by atoms with van der Waals surface area (Å²) in [5.41, 5.74) is 1.74. The average Bonchev–Trinajstić information content (AvgIpc) is 2.87. The number of nitrogens with one attached hydrogen (secondary N) is 2. The number of fused-ring (bicyclic) bond motifs is 2. The molecule has 0 saturated carbocycles. The smallest absolute Gasteiger partial charge is 0.282 e. The lowest BCUT2D eigenvalue weighted by atomic mass is 10.1. The molecule has 3 aromatic rings. The third kappa shape index (κ3) is 2.09. The van der Waals surface area contributed by atoms with E-state index in [0.29, 0.717) is 22.2 Å². The topological polar surface area (TPSA) is 79.2 Å². The van der Waals surface area contributed by atoms with Crippen molar-refractivity contribution < 1.29 is 4.79 Å². The quantitative estimate of drug-likeness (QED) is 0.675. The number of aromatic amines is 1. The number of nitrogens with zero attached hydrogens (tertiary/aromatic N) is 2. The van der Waals surface area contributed by atoms with Gasteiger partial charge in [0, 0.05) is 5.56 Å². The number of carbonyl (C=O) groups excluding carboxylic acids is 1. The summed E-state index contributed by atoms with van der Waals surface area (Å²) >= 11 is 5.21. The number of para-hydroxylation sites is 2. The fourth-order valence-corrected chi connectivity index (χ4v) is 2.78. The van der Waals surface area contributed by atoms with Gasteiger partial charge in [0.2, 0.25) is 4.77 Å². The zero-order valence-electron chi connectivity index (χ0n) is 11.7. The predicted octanol–water partition coefficient (Wildman–Crippen LogP) is 2.26. The van der Waals surface area contributed by atoms with Gasteiger partial charge in [-0.25, -0.2) is 0 Å². The van der Waals surface area contributed by atoms with Crippen LogP contribution in [-0.2, 0) is 4.79 Å². The SMILES string of the molecule is O=C1Nc2ccccc2/C1=N\n1c(=S)[nH]c2ccccc2c1=O. The molecule has 4 rings (SSSR count). The molecule has 1 aromatic heterocycles. The van der Waals surface area contributed by atoms with Crippen LogP contribution in [0.5, 0.6) is 0 Å². The van der Waals surface area contributed by atoms with Crippen LogP contribution in [0.4, 0.5) is 5.69 Å². The van der Waals surface area contributed by atoms with E-state index in [1.54, 1.807) is 36.4 Å². The number of hydrogen-bond acceptors (Lipinski definition) is 4. The van der Waals surface area contributed by atoms with Crippen molar-refractivity contribution in [2.24, 2.45) is 5.10 Å². The van der Waals surface area contributed by atoms with Crippen molar-refractivity contribution >= 4 is 40.4 Å². The maximum absolute atomic E-state index is 12.6. The van der Waals surface area contributed by atoms with E-state index >= 15 is 0 Å². The molecule has 0 bridgehead atoms. The van der Waals surface area contributed by atoms with Gasteiger partial charge >= 0.3 is 0 Å². The molecule has 2 heterocycles. The number of amides is 1. The monoisotopic (exact) mass is 322 g/mol. The Balaban J connectivity index is 2.00. The van der Waals surface area contributed by atoms with Crippen LogP contribution in [0.3, 0.4) is 0 Å². The predicted molar refractivity (Wildman–Crippen MR) is 90.4 cm³/mol. The van der Waals surface area contributed by atoms with Crippen LogP contribution in [-0.4, -0.2) is 21.3 Å². The highest BCUT2D eigenvalue weighted by molar-refractivity contribution is 7.71. The van der Waals surface area contributed by atoms with Gasteiger partial charge in [0.25, 0.3) is 11.5 Å². The van der Waals surface area contributed by atoms with Crippen molar-refractivity contribution in [3.63, 3.8) is 0 Å². The zero-order valence-corrected chi connectivity index (χ0v) is 12.6. The zero-order chi connectivity index (χ0) is 16.0. The molecule has 0 radical (unpaired) electrons. The lowest BCUT2D eigenvalue weighted by Gasteiger charge is -2.03. The molecule has 7 heteroatoms. The van der Waals surface area contributed by atoms with Crippen molar-refractivity contribution in [2.75, 3.05) is 5.32 Å². The van der Waals surface area contributed by atoms with Gasteiger partial charge in [0.1, 0.15) is 0 Å². The van der Waals surface area contributed by atoms with Crippen LogP contribution < -0.4 is 10.9 Å². The minimum atomic E-state index is -0.367. The first-order valence-electron chi connectivity index (χ1n) is 6.89. The van der Waals surface area contributed by atoms with Crippen molar-refractivity contribution in [1.29, 1.82) is 0 Å². The first kappa shape index (κ1) is 13.6. The normalized spacial score (nSPS) is 15.0. The lowest BCUT2D eigenvalue weighted by Crippen LogP contribution is -2.23. The molecule has 0 spiro atoms. The summed E-state index contributed by atoms with van der Waals surface area (Å²) in [6.07, 6.45) is 0. The molecule has 23 heavy (non-hydrogen) atoms. The number of rotatable bonds is 1. The molecular weight excluding hydrogens is 312 g/mol. The Morgan fingerprint density at radius 2 is 1.74 bits per heavy atom. The van der Waals surface area contributed by atoms with Crippen LogP contribution in [0.15, 0.2) is 58.4 Å². The first-order valence-corrected chi connectivity index (χ1v) is 7.30. The minimum absolute atomic E-state index is 0.137. The van der Waals surface area contributed by atoms with E-state index in [1.807, 2.05) is 12.1 Å². The number of benzene rings is 2. The Bertz CT molecular complexity index is 1110. The Hall–Kier alpha value is -3.06. The molecule has 0 unspecified atom stereocenters. The molecule has 0 aliphatic carbocycles. The second-order valence-electron chi connectivity index (χ2n) is 5.04. The first-order chi connectivity index (χ1) is 11.1. The minimum Gasteiger partial charge on any atom is -0.330 e. The summed E-state index contributed by atoms with van der Waals surface area (Å²) in [6.45, 7) is 0. The highest BCUT2D eigenvalue weighted by Crippen LogP contribution is 2.22. The van der Waals surface area contributed by atoms with Crippen LogP contribution in [0.2, 0.25) is 0 Å². The van der Waals surface area contributed by atoms with Gasteiger partial charge in [-0.3, -0.25) is 9.59 Å². The average molecular weight is 322 g/mol. The molecule has 2 aromatic carbocycles. The van der Waals surface area contributed by atoms with Crippen molar-refractivity contribution in [1.82, 2.24) is 9.66 Å². The van der Waals surface area contributed by atoms with Crippen molar-refractivity contribution in [3.8, 4) is 0 Å². The van der Waals surface area contributed by atoms with Gasteiger partial charge in [0.15, 0.2) is 5.71 Å². The van der Waals surface area contributed by atoms with Gasteiger partial charge in [0.05, 0.1) is 16.6 Å². The van der Waals surface area contributed by atoms with E-state index in [-0.39, 0.29) is 21.9 Å². The number of hydrogen-bond donors (Lipinski definition) is 2. The van der Waals surface area contributed by atoms with E-state index in [1.165, 1.54) is 0 Å². The van der Waals surface area contributed by atoms with Crippen LogP contribution in [0.25, 0.3) is 10.9 Å². The molecule has 0 atom stereocenters. The molecule has 0 saturated heterocycles. The van der Waals surface area contributed by atoms with Gasteiger partial charge in [-0.05, 0) is 30.4 Å². The highest BCUT2D eigenvalue weighted by atomic mass is 32.1. The van der Waals surface area contributed by atoms with Gasteiger partial charge in [-0.2, -0.15) is 9.78 Å². The van der Waals surface area contributed by atoms with E-state index in [4.69, 9.17) is 12.2 Å². The molecule has 1 aliphatic heterocycles. The Morgan fingerprint density at radius 3 is 2.61 bits per heavy atom. The summed E-state index contributed by atoms with van der Waals surface area (Å²) in [5.74, 6) is -0.361. The fourth-order valence-electron chi connectivity index (χ4n) is 2.55. The maximum atomic E-state index is 12.6. The largest absolute Gasteiger partial charge is 0.330 e. The standard InChI is InChI=1S/C16H10N4O2S/c21-14-13(9-5-1-3-7-11(9)17-14)19-20-15(22)10-6-2-4-8-12(10)18-16(20)23/h1-8H,(H,18,23)(H,17,19,21). The number of carbonyl (C=O) groups is 1. The molecule has 1 aliphatic rings. The summed E-state index contributed by atoms with van der Waals surface area (Å²) in [7, 11) is 0. The molecule has 1 amide bonds. The second kappa shape index (κ2) is 4.99. The third-order valence-corrected chi connectivity index (χ3v) is 3.90. The van der Waals surface area contributed by atoms with Crippen LogP contribution in [0, 0.1) is 4.77 Å². The van der Waals surface area contributed by atoms with E-state index in [0.717, 1.165) is 4.68 Å². The lowest BCUT2D eigenvalue weighted by molar-refractivity contribution is -0.110. The fraction of sp³-hybridized carbons (Fsp3) is 0. The Kier molecular flexibility index (Phi) is 2.95. The van der Waals surface area contributed by atoms with Gasteiger partial charge in [-0.1, -0.05) is 30.3 Å². The summed E-state index contributed by atoms with van der Waals surface area (Å²) < 4.78 is 1.19. The van der Waals surface area contributed by atoms with Gasteiger partial charge in [-0.15, -0.1) is 0 Å². The molecule has 2 N–H and O–H groups in total. The Morgan fingerprint density at radius 1 is 1.00 bits per heavy atom. The molecule has 0 fully saturated rings. The van der Waals surface area contributed by atoms with Crippen LogP contribution >= 0.6 is 12.2 Å². The second-order valence-corrected chi connectivity index (χ2v) is 5.43. The van der Waals surface area contributed by atoms with Crippen molar-refractivity contribution in [2.45, 2.75) is 0 Å². The third-order valence-electron chi connectivity index (χ3n) is 3.63. The van der Waals surface area contributed by atoms with Crippen LogP contribution in [0.1, 0.15) is 5.56 Å². The number of anilines is 1. The molecular formula is C16H10N4O2S. The summed E-state index contributed by atoms with van der Waals surface area (Å²) in [5, 5.41) is 7.37. The summed E-state index contributed by atoms with van der Waals surface area (Å²) in [6, 6.07) is 14.2. The van der Waals surface area contributed by atoms with Gasteiger partial charge < -0.3 is 10.3 Å². The van der Waals surface area contributed by atoms with E-state index in [9.17, 15) is 9.59 Å². The molecule has 112 valence electrons.